The lowest BCUT2D eigenvalue weighted by Gasteiger charge is -2.10. The van der Waals surface area contributed by atoms with E-state index in [2.05, 4.69) is 0 Å². The predicted octanol–water partition coefficient (Wildman–Crippen LogP) is 1.35. The van der Waals surface area contributed by atoms with Gasteiger partial charge in [-0.2, -0.15) is 0 Å². The Labute approximate surface area is 105 Å². The molecule has 4 atom stereocenters. The lowest BCUT2D eigenvalue weighted by atomic mass is 9.96. The summed E-state index contributed by atoms with van der Waals surface area (Å²) in [6.45, 7) is 0. The van der Waals surface area contributed by atoms with Crippen molar-refractivity contribution in [3.8, 4) is 0 Å². The normalized spacial score (nSPS) is 34.8. The zero-order valence-electron chi connectivity index (χ0n) is 9.73. The molecule has 3 rings (SSSR count). The fourth-order valence-electron chi connectivity index (χ4n) is 2.46. The van der Waals surface area contributed by atoms with E-state index in [1.165, 1.54) is 0 Å². The minimum atomic E-state index is -0.847. The van der Waals surface area contributed by atoms with Crippen molar-refractivity contribution in [3.05, 3.63) is 42.0 Å². The molecule has 0 saturated carbocycles. The van der Waals surface area contributed by atoms with Gasteiger partial charge in [0.25, 0.3) is 0 Å². The van der Waals surface area contributed by atoms with Crippen LogP contribution in [0.5, 0.6) is 0 Å². The molecule has 0 aliphatic carbocycles. The van der Waals surface area contributed by atoms with Crippen molar-refractivity contribution >= 4 is 12.0 Å². The number of aliphatic hydroxyl groups excluding tert-OH is 1. The average Bonchev–Trinajstić information content (AvgIpc) is 2.88. The molecule has 1 N–H and O–H groups in total. The highest BCUT2D eigenvalue weighted by atomic mass is 16.7. The summed E-state index contributed by atoms with van der Waals surface area (Å²) in [5.74, 6) is -0.452. The fraction of sp³-hybridized carbons (Fsp3) is 0.357. The van der Waals surface area contributed by atoms with Crippen LogP contribution in [0.15, 0.2) is 36.4 Å². The highest BCUT2D eigenvalue weighted by Gasteiger charge is 2.50. The molecule has 2 fully saturated rings. The summed E-state index contributed by atoms with van der Waals surface area (Å²) >= 11 is 0. The molecule has 94 valence electrons. The standard InChI is InChI=1S/C14H14O4/c15-12-8-10-11(17-14(16)13(10)18-12)7-6-9-4-2-1-3-5-9/h1-7,10-13,15H,8H2/b7-6-/t10-,11+,12?,13-/m0/s1. The summed E-state index contributed by atoms with van der Waals surface area (Å²) in [5, 5.41) is 9.40. The van der Waals surface area contributed by atoms with E-state index in [0.29, 0.717) is 6.42 Å². The van der Waals surface area contributed by atoms with E-state index in [9.17, 15) is 9.90 Å². The van der Waals surface area contributed by atoms with E-state index in [1.807, 2.05) is 42.5 Å². The number of rotatable bonds is 2. The first-order valence-corrected chi connectivity index (χ1v) is 6.01. The first-order valence-electron chi connectivity index (χ1n) is 6.01. The van der Waals surface area contributed by atoms with E-state index in [4.69, 9.17) is 9.47 Å². The second-order valence-corrected chi connectivity index (χ2v) is 4.58. The molecule has 0 spiro atoms. The van der Waals surface area contributed by atoms with E-state index >= 15 is 0 Å². The second-order valence-electron chi connectivity index (χ2n) is 4.58. The number of hydrogen-bond donors (Lipinski definition) is 1. The van der Waals surface area contributed by atoms with Gasteiger partial charge in [-0.1, -0.05) is 36.4 Å². The van der Waals surface area contributed by atoms with Crippen molar-refractivity contribution in [1.82, 2.24) is 0 Å². The van der Waals surface area contributed by atoms with Gasteiger partial charge in [-0.05, 0) is 11.6 Å². The van der Waals surface area contributed by atoms with Gasteiger partial charge in [0.2, 0.25) is 0 Å². The quantitative estimate of drug-likeness (QED) is 0.800. The SMILES string of the molecule is O=C1O[C@H](/C=C\c2ccccc2)[C@@H]2CC(O)O[C@H]12. The van der Waals surface area contributed by atoms with Gasteiger partial charge in [0, 0.05) is 12.3 Å². The van der Waals surface area contributed by atoms with Gasteiger partial charge in [0.05, 0.1) is 0 Å². The largest absolute Gasteiger partial charge is 0.456 e. The summed E-state index contributed by atoms with van der Waals surface area (Å²) in [6, 6.07) is 9.80. The number of ether oxygens (including phenoxy) is 2. The molecule has 2 heterocycles. The number of hydrogen-bond acceptors (Lipinski definition) is 4. The van der Waals surface area contributed by atoms with Gasteiger partial charge >= 0.3 is 5.97 Å². The molecule has 0 aromatic heterocycles. The maximum atomic E-state index is 11.5. The van der Waals surface area contributed by atoms with Crippen LogP contribution in [-0.2, 0) is 14.3 Å². The number of carbonyl (C=O) groups is 1. The van der Waals surface area contributed by atoms with Crippen molar-refractivity contribution in [2.24, 2.45) is 5.92 Å². The van der Waals surface area contributed by atoms with Crippen LogP contribution in [0.1, 0.15) is 12.0 Å². The first kappa shape index (κ1) is 11.4. The lowest BCUT2D eigenvalue weighted by molar-refractivity contribution is -0.159. The molecule has 0 amide bonds. The van der Waals surface area contributed by atoms with Crippen molar-refractivity contribution in [2.45, 2.75) is 24.9 Å². The van der Waals surface area contributed by atoms with Crippen LogP contribution >= 0.6 is 0 Å². The van der Waals surface area contributed by atoms with Crippen LogP contribution in [-0.4, -0.2) is 29.6 Å². The van der Waals surface area contributed by atoms with Crippen LogP contribution in [0, 0.1) is 5.92 Å². The zero-order valence-corrected chi connectivity index (χ0v) is 9.73. The maximum Gasteiger partial charge on any atom is 0.336 e. The fourth-order valence-corrected chi connectivity index (χ4v) is 2.46. The Bertz CT molecular complexity index is 468. The van der Waals surface area contributed by atoms with Gasteiger partial charge in [0.1, 0.15) is 6.10 Å². The van der Waals surface area contributed by atoms with E-state index in [-0.39, 0.29) is 18.0 Å². The lowest BCUT2D eigenvalue weighted by Crippen LogP contribution is -2.20. The topological polar surface area (TPSA) is 55.8 Å². The Morgan fingerprint density at radius 2 is 2.06 bits per heavy atom. The Hall–Kier alpha value is -1.65. The molecule has 1 aromatic carbocycles. The van der Waals surface area contributed by atoms with Crippen LogP contribution in [0.4, 0.5) is 0 Å². The zero-order chi connectivity index (χ0) is 12.5. The van der Waals surface area contributed by atoms with Crippen LogP contribution in [0.2, 0.25) is 0 Å². The second kappa shape index (κ2) is 4.55. The van der Waals surface area contributed by atoms with Crippen molar-refractivity contribution in [1.29, 1.82) is 0 Å². The van der Waals surface area contributed by atoms with Gasteiger partial charge in [-0.25, -0.2) is 4.79 Å². The van der Waals surface area contributed by atoms with Crippen LogP contribution < -0.4 is 0 Å². The monoisotopic (exact) mass is 246 g/mol. The number of aliphatic hydroxyl groups is 1. The third-order valence-electron chi connectivity index (χ3n) is 3.35. The summed E-state index contributed by atoms with van der Waals surface area (Å²) in [4.78, 5) is 11.5. The highest BCUT2D eigenvalue weighted by molar-refractivity contribution is 5.78. The third kappa shape index (κ3) is 2.05. The molecule has 2 aliphatic rings. The molecule has 0 radical (unpaired) electrons. The molecule has 0 bridgehead atoms. The highest BCUT2D eigenvalue weighted by Crippen LogP contribution is 2.36. The molecular formula is C14H14O4. The molecule has 4 heteroatoms. The minimum absolute atomic E-state index is 0.0764. The Balaban J connectivity index is 1.74. The van der Waals surface area contributed by atoms with Crippen molar-refractivity contribution in [3.63, 3.8) is 0 Å². The number of benzene rings is 1. The van der Waals surface area contributed by atoms with Crippen molar-refractivity contribution in [2.75, 3.05) is 0 Å². The summed E-state index contributed by atoms with van der Waals surface area (Å²) in [6.07, 6.45) is 2.47. The molecule has 2 aliphatic heterocycles. The van der Waals surface area contributed by atoms with E-state index in [0.717, 1.165) is 5.56 Å². The Kier molecular flexibility index (Phi) is 2.89. The van der Waals surface area contributed by atoms with Gasteiger partial charge in [-0.3, -0.25) is 0 Å². The van der Waals surface area contributed by atoms with Crippen LogP contribution in [0.25, 0.3) is 6.08 Å². The van der Waals surface area contributed by atoms with Gasteiger partial charge in [0.15, 0.2) is 12.4 Å². The predicted molar refractivity (Wildman–Crippen MR) is 64.3 cm³/mol. The van der Waals surface area contributed by atoms with E-state index < -0.39 is 12.4 Å². The maximum absolute atomic E-state index is 11.5. The molecule has 4 nitrogen and oxygen atoms in total. The smallest absolute Gasteiger partial charge is 0.336 e. The Morgan fingerprint density at radius 1 is 1.28 bits per heavy atom. The molecule has 18 heavy (non-hydrogen) atoms. The van der Waals surface area contributed by atoms with Gasteiger partial charge < -0.3 is 14.6 Å². The van der Waals surface area contributed by atoms with Crippen LogP contribution in [0.3, 0.4) is 0 Å². The molecular weight excluding hydrogens is 232 g/mol. The van der Waals surface area contributed by atoms with Crippen molar-refractivity contribution < 1.29 is 19.4 Å². The number of carbonyl (C=O) groups excluding carboxylic acids is 1. The third-order valence-corrected chi connectivity index (χ3v) is 3.35. The molecule has 2 saturated heterocycles. The molecule has 1 aromatic rings. The number of esters is 1. The van der Waals surface area contributed by atoms with E-state index in [1.54, 1.807) is 0 Å². The summed E-state index contributed by atoms with van der Waals surface area (Å²) in [7, 11) is 0. The summed E-state index contributed by atoms with van der Waals surface area (Å²) < 4.78 is 10.4. The number of fused-ring (bicyclic) bond motifs is 1. The number of cyclic esters (lactones) is 1. The summed E-state index contributed by atoms with van der Waals surface area (Å²) in [5.41, 5.74) is 1.05. The first-order chi connectivity index (χ1) is 8.74. The average molecular weight is 246 g/mol. The molecule has 1 unspecified atom stereocenters. The van der Waals surface area contributed by atoms with Gasteiger partial charge in [-0.15, -0.1) is 0 Å². The Morgan fingerprint density at radius 3 is 2.83 bits per heavy atom. The minimum Gasteiger partial charge on any atom is -0.456 e.